The van der Waals surface area contributed by atoms with Crippen LogP contribution in [0.4, 0.5) is 66.3 Å². The molecular formula is C76H60F14N4O6S2+2. The second-order valence-electron chi connectivity index (χ2n) is 21.0. The maximum atomic E-state index is 13.2. The zero-order valence-corrected chi connectivity index (χ0v) is 54.3. The Morgan fingerprint density at radius 2 is 0.559 bits per heavy atom. The molecule has 12 aromatic rings. The first-order chi connectivity index (χ1) is 48.0. The number of esters is 1. The van der Waals surface area contributed by atoms with Crippen molar-refractivity contribution in [1.29, 1.82) is 0 Å². The van der Waals surface area contributed by atoms with E-state index in [1.54, 1.807) is 97.6 Å². The number of aromatic nitrogens is 4. The van der Waals surface area contributed by atoms with E-state index in [0.717, 1.165) is 53.6 Å². The van der Waals surface area contributed by atoms with Crippen LogP contribution in [0.25, 0.3) is 0 Å². The first-order valence-electron chi connectivity index (χ1n) is 29.5. The minimum absolute atomic E-state index is 0. The predicted octanol–water partition coefficient (Wildman–Crippen LogP) is 19.7. The van der Waals surface area contributed by atoms with E-state index < -0.39 is 69.4 Å². The number of aliphatic carboxylic acids is 1. The molecular weight excluding hydrogens is 1390 g/mol. The maximum absolute atomic E-state index is 13.2. The van der Waals surface area contributed by atoms with Crippen LogP contribution in [0, 0.1) is 58.2 Å². The second kappa shape index (κ2) is 37.9. The van der Waals surface area contributed by atoms with Crippen molar-refractivity contribution in [3.8, 4) is 0 Å². The lowest BCUT2D eigenvalue weighted by molar-refractivity contribution is -0.173. The largest absolute Gasteiger partial charge is 0.477 e. The van der Waals surface area contributed by atoms with Crippen molar-refractivity contribution in [2.24, 2.45) is 0 Å². The Labute approximate surface area is 582 Å². The predicted molar refractivity (Wildman–Crippen MR) is 357 cm³/mol. The molecule has 26 heteroatoms. The van der Waals surface area contributed by atoms with Gasteiger partial charge in [-0.1, -0.05) is 56.0 Å². The highest BCUT2D eigenvalue weighted by Crippen LogP contribution is 2.34. The molecule has 10 aromatic carbocycles. The lowest BCUT2D eigenvalue weighted by Crippen LogP contribution is -2.28. The van der Waals surface area contributed by atoms with Gasteiger partial charge < -0.3 is 14.9 Å². The summed E-state index contributed by atoms with van der Waals surface area (Å²) in [5, 5.41) is 17.4. The molecule has 2 heterocycles. The average molecular weight is 1460 g/mol. The van der Waals surface area contributed by atoms with Crippen molar-refractivity contribution < 1.29 is 90.8 Å². The minimum atomic E-state index is -3.67. The number of aliphatic hydroxyl groups excluding tert-OH is 1. The van der Waals surface area contributed by atoms with Crippen molar-refractivity contribution in [3.63, 3.8) is 0 Å². The van der Waals surface area contributed by atoms with Gasteiger partial charge in [-0.05, 0) is 216 Å². The number of carboxylic acids is 1. The average Bonchev–Trinajstić information content (AvgIpc) is 1.00. The van der Waals surface area contributed by atoms with E-state index in [4.69, 9.17) is 9.84 Å². The van der Waals surface area contributed by atoms with E-state index in [9.17, 15) is 81.0 Å². The third-order valence-corrected chi connectivity index (χ3v) is 17.9. The molecule has 10 nitrogen and oxygen atoms in total. The van der Waals surface area contributed by atoms with Gasteiger partial charge in [0.15, 0.2) is 35.5 Å². The number of imidazole rings is 2. The van der Waals surface area contributed by atoms with Crippen LogP contribution in [0.15, 0.2) is 309 Å². The molecule has 2 N–H and O–H groups in total. The summed E-state index contributed by atoms with van der Waals surface area (Å²) in [5.74, 6) is -14.7. The molecule has 528 valence electrons. The van der Waals surface area contributed by atoms with Gasteiger partial charge in [0.2, 0.25) is 0 Å². The summed E-state index contributed by atoms with van der Waals surface area (Å²) in [6, 6.07) is 57.7. The normalized spacial score (nSPS) is 10.8. The molecule has 102 heavy (non-hydrogen) atoms. The summed E-state index contributed by atoms with van der Waals surface area (Å²) in [6.45, 7) is 0.747. The number of alkyl halides is 4. The van der Waals surface area contributed by atoms with Crippen molar-refractivity contribution in [1.82, 2.24) is 19.1 Å². The highest BCUT2D eigenvalue weighted by atomic mass is 32.2. The van der Waals surface area contributed by atoms with E-state index >= 15 is 0 Å². The highest BCUT2D eigenvalue weighted by molar-refractivity contribution is 7.97. The van der Waals surface area contributed by atoms with Gasteiger partial charge in [0.1, 0.15) is 76.9 Å². The molecule has 0 bridgehead atoms. The molecule has 2 aromatic heterocycles. The SMILES string of the molecule is C.CC(F)(F)C(=O)O.CC(F)(F)C(=O)OC(c1ccc(F)cc1)c1ccc(F)cc1.Fc1ccc([S+](c2ccc(F)cc2)c2ccc(F)cc2)cc1.Fc1ccc([S+](c2ccc(F)cc2)c2ccc(F)cc2)cc1.O=C(n1ccnc1)n1ccnc1.OC(c1ccc(F)cc1)c1ccc(F)cc1. The van der Waals surface area contributed by atoms with Gasteiger partial charge in [0, 0.05) is 38.6 Å². The number of benzene rings is 10. The third kappa shape index (κ3) is 24.7. The summed E-state index contributed by atoms with van der Waals surface area (Å²) < 4.78 is 186. The number of aliphatic hydroxyl groups is 1. The van der Waals surface area contributed by atoms with Crippen LogP contribution in [0.2, 0.25) is 0 Å². The molecule has 0 atom stereocenters. The molecule has 0 radical (unpaired) electrons. The Bertz CT molecular complexity index is 4030. The highest BCUT2D eigenvalue weighted by Gasteiger charge is 2.37. The van der Waals surface area contributed by atoms with Gasteiger partial charge in [0.25, 0.3) is 0 Å². The van der Waals surface area contributed by atoms with Crippen molar-refractivity contribution >= 4 is 39.8 Å². The fourth-order valence-electron chi connectivity index (χ4n) is 8.42. The van der Waals surface area contributed by atoms with Crippen LogP contribution < -0.4 is 0 Å². The first-order valence-corrected chi connectivity index (χ1v) is 31.9. The molecule has 0 unspecified atom stereocenters. The van der Waals surface area contributed by atoms with E-state index in [0.29, 0.717) is 36.1 Å². The monoisotopic (exact) mass is 1450 g/mol. The quantitative estimate of drug-likeness (QED) is 0.0662. The van der Waals surface area contributed by atoms with Gasteiger partial charge >= 0.3 is 29.8 Å². The Morgan fingerprint density at radius 3 is 0.735 bits per heavy atom. The standard InChI is InChI=1S/2C18H12F3S.C16H12F4O2.C13H10F2O.C7H6N4O.C3H4F2O2.CH4/c2*19-13-1-7-16(8-2-13)22(17-9-3-14(20)4-10-17)18-11-5-15(21)6-12-18;1-16(19,20)15(21)22-14(10-2-6-12(17)7-3-10)11-4-8-13(18)9-5-11;14-11-5-1-9(2-6-11)13(16)10-3-7-12(15)8-4-10;12-7(10-3-1-8-5-10)11-4-2-9-6-11;1-3(4,5)2(6)7;/h2*1-12H;2-9,14H,1H3;1-8,13,16H;1-6H;1H3,(H,6,7);1H4/q2*+1;;;;;. The van der Waals surface area contributed by atoms with Crippen LogP contribution in [0.1, 0.15) is 55.7 Å². The van der Waals surface area contributed by atoms with E-state index in [-0.39, 0.29) is 60.0 Å². The second-order valence-corrected chi connectivity index (χ2v) is 25.1. The van der Waals surface area contributed by atoms with Crippen molar-refractivity contribution in [3.05, 3.63) is 361 Å². The molecule has 12 rings (SSSR count). The summed E-state index contributed by atoms with van der Waals surface area (Å²) in [4.78, 5) is 45.0. The Morgan fingerprint density at radius 1 is 0.363 bits per heavy atom. The number of rotatable bonds is 13. The van der Waals surface area contributed by atoms with Gasteiger partial charge in [-0.15, -0.1) is 0 Å². The minimum Gasteiger partial charge on any atom is -0.477 e. The zero-order chi connectivity index (χ0) is 73.4. The molecule has 0 saturated heterocycles. The fraction of sp³-hybridized carbons (Fsp3) is 0.0921. The number of hydrogen-bond donors (Lipinski definition) is 2. The van der Waals surface area contributed by atoms with Gasteiger partial charge in [-0.3, -0.25) is 9.13 Å². The number of carbonyl (C=O) groups is 3. The van der Waals surface area contributed by atoms with Crippen LogP contribution in [0.3, 0.4) is 0 Å². The Hall–Kier alpha value is -11.1. The van der Waals surface area contributed by atoms with Gasteiger partial charge in [-0.25, -0.2) is 68.3 Å². The summed E-state index contributed by atoms with van der Waals surface area (Å²) >= 11 is 0. The lowest BCUT2D eigenvalue weighted by atomic mass is 10.0. The van der Waals surface area contributed by atoms with Crippen molar-refractivity contribution in [2.75, 3.05) is 0 Å². The zero-order valence-electron chi connectivity index (χ0n) is 52.6. The van der Waals surface area contributed by atoms with Crippen LogP contribution in [-0.4, -0.2) is 59.1 Å². The molecule has 0 saturated carbocycles. The van der Waals surface area contributed by atoms with E-state index in [1.165, 1.54) is 167 Å². The van der Waals surface area contributed by atoms with Crippen LogP contribution in [-0.2, 0) is 36.1 Å². The van der Waals surface area contributed by atoms with Gasteiger partial charge in [-0.2, -0.15) is 17.6 Å². The lowest BCUT2D eigenvalue weighted by Gasteiger charge is -2.21. The Kier molecular flexibility index (Phi) is 29.7. The van der Waals surface area contributed by atoms with Crippen LogP contribution >= 0.6 is 0 Å². The number of carbonyl (C=O) groups excluding carboxylic acids is 2. The molecule has 0 aliphatic carbocycles. The molecule has 0 aliphatic rings. The smallest absolute Gasteiger partial charge is 0.377 e. The van der Waals surface area contributed by atoms with Crippen LogP contribution in [0.5, 0.6) is 0 Å². The Balaban J connectivity index is 0.000000198. The molecule has 0 amide bonds. The number of nitrogens with zero attached hydrogens (tertiary/aromatic N) is 4. The number of ether oxygens (including phenoxy) is 1. The maximum Gasteiger partial charge on any atom is 0.377 e. The number of halogens is 14. The summed E-state index contributed by atoms with van der Waals surface area (Å²) in [7, 11) is -1.08. The topological polar surface area (TPSA) is 137 Å². The number of carboxylic acid groups (broad SMARTS) is 1. The molecule has 0 spiro atoms. The molecule has 0 fully saturated rings. The first kappa shape index (κ1) is 79.9. The van der Waals surface area contributed by atoms with E-state index in [1.807, 2.05) is 0 Å². The summed E-state index contributed by atoms with van der Waals surface area (Å²) in [5.41, 5.74) is 1.75. The van der Waals surface area contributed by atoms with Gasteiger partial charge in [0.05, 0.1) is 21.8 Å². The van der Waals surface area contributed by atoms with Crippen molar-refractivity contribution in [2.45, 2.75) is 74.7 Å². The fourth-order valence-corrected chi connectivity index (χ4v) is 12.5. The third-order valence-electron chi connectivity index (χ3n) is 13.4. The summed E-state index contributed by atoms with van der Waals surface area (Å²) in [6.07, 6.45) is 7.12. The van der Waals surface area contributed by atoms with E-state index in [2.05, 4.69) is 9.97 Å². The molecule has 0 aliphatic heterocycles. The number of hydrogen-bond acceptors (Lipinski definition) is 7.